The van der Waals surface area contributed by atoms with Crippen LogP contribution >= 0.6 is 0 Å². The van der Waals surface area contributed by atoms with Gasteiger partial charge >= 0.3 is 6.03 Å². The zero-order valence-electron chi connectivity index (χ0n) is 15.4. The molecular weight excluding hydrogens is 375 g/mol. The van der Waals surface area contributed by atoms with E-state index in [-0.39, 0.29) is 5.56 Å². The maximum Gasteiger partial charge on any atom is 0.316 e. The normalized spacial score (nSPS) is 12.2. The molecule has 4 N–H and O–H groups in total. The van der Waals surface area contributed by atoms with E-state index in [1.165, 1.54) is 29.7 Å². The molecule has 0 heterocycles. The molecule has 0 aliphatic heterocycles. The fraction of sp³-hybridized carbons (Fsp3) is 0.263. The molecule has 0 radical (unpaired) electrons. The number of hydrogen-bond acceptors (Lipinski definition) is 3. The van der Waals surface area contributed by atoms with Crippen molar-refractivity contribution < 1.29 is 28.0 Å². The van der Waals surface area contributed by atoms with Gasteiger partial charge in [0.2, 0.25) is 0 Å². The van der Waals surface area contributed by atoms with Crippen LogP contribution in [0.15, 0.2) is 36.4 Å². The summed E-state index contributed by atoms with van der Waals surface area (Å²) in [6.45, 7) is 5.26. The van der Waals surface area contributed by atoms with Gasteiger partial charge in [0.25, 0.3) is 5.91 Å². The first-order chi connectivity index (χ1) is 13.0. The zero-order valence-corrected chi connectivity index (χ0v) is 15.4. The summed E-state index contributed by atoms with van der Waals surface area (Å²) in [5.41, 5.74) is 1.70. The number of benzene rings is 2. The summed E-state index contributed by atoms with van der Waals surface area (Å²) in [6, 6.07) is 5.61. The van der Waals surface area contributed by atoms with Crippen molar-refractivity contribution in [2.45, 2.75) is 32.4 Å². The Morgan fingerprint density at radius 2 is 1.50 bits per heavy atom. The molecular formula is C19H20F3N3O3. The van der Waals surface area contributed by atoms with E-state index in [2.05, 4.69) is 10.6 Å². The second-order valence-corrected chi connectivity index (χ2v) is 7.13. The number of halogens is 3. The van der Waals surface area contributed by atoms with E-state index in [1.54, 1.807) is 20.8 Å². The van der Waals surface area contributed by atoms with Gasteiger partial charge in [0.1, 0.15) is 6.04 Å². The van der Waals surface area contributed by atoms with Crippen LogP contribution in [0.4, 0.5) is 18.0 Å². The van der Waals surface area contributed by atoms with Crippen molar-refractivity contribution in [1.82, 2.24) is 16.1 Å². The van der Waals surface area contributed by atoms with Gasteiger partial charge in [-0.3, -0.25) is 10.0 Å². The predicted octanol–water partition coefficient (Wildman–Crippen LogP) is 3.42. The van der Waals surface area contributed by atoms with Crippen molar-refractivity contribution in [2.24, 2.45) is 0 Å². The number of carbonyl (C=O) groups excluding carboxylic acids is 2. The molecule has 0 aliphatic rings. The van der Waals surface area contributed by atoms with Crippen LogP contribution in [-0.4, -0.2) is 22.7 Å². The van der Waals surface area contributed by atoms with Crippen LogP contribution in [0.2, 0.25) is 0 Å². The topological polar surface area (TPSA) is 90.5 Å². The summed E-state index contributed by atoms with van der Waals surface area (Å²) in [5, 5.41) is 14.0. The Kier molecular flexibility index (Phi) is 6.30. The largest absolute Gasteiger partial charge is 0.334 e. The highest BCUT2D eigenvalue weighted by atomic mass is 19.2. The quantitative estimate of drug-likeness (QED) is 0.363. The molecule has 6 nitrogen and oxygen atoms in total. The minimum atomic E-state index is -1.56. The van der Waals surface area contributed by atoms with Crippen molar-refractivity contribution in [3.63, 3.8) is 0 Å². The van der Waals surface area contributed by atoms with Crippen LogP contribution < -0.4 is 16.1 Å². The number of hydroxylamine groups is 1. The van der Waals surface area contributed by atoms with E-state index < -0.39 is 41.0 Å². The summed E-state index contributed by atoms with van der Waals surface area (Å²) >= 11 is 0. The SMILES string of the molecule is CC(C)(C)NC(=O)NC(C(=O)NO)c1ccc(-c2cc(F)c(F)c(F)c2)cc1. The third-order valence-corrected chi connectivity index (χ3v) is 3.70. The molecule has 0 aromatic heterocycles. The Bertz CT molecular complexity index is 857. The second kappa shape index (κ2) is 8.30. The number of urea groups is 1. The Labute approximate surface area is 159 Å². The average molecular weight is 395 g/mol. The second-order valence-electron chi connectivity index (χ2n) is 7.13. The molecule has 2 aromatic carbocycles. The summed E-state index contributed by atoms with van der Waals surface area (Å²) < 4.78 is 39.9. The molecule has 3 amide bonds. The Hall–Kier alpha value is -3.07. The lowest BCUT2D eigenvalue weighted by Gasteiger charge is -2.24. The minimum Gasteiger partial charge on any atom is -0.334 e. The van der Waals surface area contributed by atoms with Crippen LogP contribution in [0, 0.1) is 17.5 Å². The lowest BCUT2D eigenvalue weighted by Crippen LogP contribution is -2.49. The van der Waals surface area contributed by atoms with Gasteiger partial charge in [-0.25, -0.2) is 23.4 Å². The maximum absolute atomic E-state index is 13.4. The van der Waals surface area contributed by atoms with Crippen molar-refractivity contribution >= 4 is 11.9 Å². The van der Waals surface area contributed by atoms with Gasteiger partial charge in [0.15, 0.2) is 17.5 Å². The molecule has 0 spiro atoms. The van der Waals surface area contributed by atoms with Crippen LogP contribution in [0.1, 0.15) is 32.4 Å². The summed E-state index contributed by atoms with van der Waals surface area (Å²) in [7, 11) is 0. The lowest BCUT2D eigenvalue weighted by molar-refractivity contribution is -0.131. The van der Waals surface area contributed by atoms with Gasteiger partial charge < -0.3 is 10.6 Å². The summed E-state index contributed by atoms with van der Waals surface area (Å²) in [6.07, 6.45) is 0. The first-order valence-corrected chi connectivity index (χ1v) is 8.29. The van der Waals surface area contributed by atoms with Gasteiger partial charge in [-0.1, -0.05) is 24.3 Å². The van der Waals surface area contributed by atoms with Crippen LogP contribution in [0.25, 0.3) is 11.1 Å². The van der Waals surface area contributed by atoms with Crippen molar-refractivity contribution in [1.29, 1.82) is 0 Å². The monoisotopic (exact) mass is 395 g/mol. The fourth-order valence-corrected chi connectivity index (χ4v) is 2.46. The van der Waals surface area contributed by atoms with E-state index in [1.807, 2.05) is 0 Å². The molecule has 0 saturated heterocycles. The van der Waals surface area contributed by atoms with E-state index in [4.69, 9.17) is 5.21 Å². The van der Waals surface area contributed by atoms with E-state index in [9.17, 15) is 22.8 Å². The zero-order chi connectivity index (χ0) is 21.1. The van der Waals surface area contributed by atoms with Crippen LogP contribution in [-0.2, 0) is 4.79 Å². The van der Waals surface area contributed by atoms with E-state index in [0.29, 0.717) is 11.1 Å². The standard InChI is InChI=1S/C19H20F3N3O3/c1-19(2,3)24-18(27)23-16(17(26)25-28)11-6-4-10(5-7-11)12-8-13(20)15(22)14(21)9-12/h4-9,16,28H,1-3H3,(H,25,26)(H2,23,24,27). The predicted molar refractivity (Wildman–Crippen MR) is 95.8 cm³/mol. The molecule has 1 unspecified atom stereocenters. The molecule has 0 aliphatic carbocycles. The first kappa shape index (κ1) is 21.2. The number of amides is 3. The molecule has 28 heavy (non-hydrogen) atoms. The number of rotatable bonds is 4. The lowest BCUT2D eigenvalue weighted by atomic mass is 10.00. The number of hydrogen-bond donors (Lipinski definition) is 4. The van der Waals surface area contributed by atoms with Crippen LogP contribution in [0.3, 0.4) is 0 Å². The Balaban J connectivity index is 2.29. The van der Waals surface area contributed by atoms with E-state index in [0.717, 1.165) is 12.1 Å². The van der Waals surface area contributed by atoms with Crippen molar-refractivity contribution in [3.8, 4) is 11.1 Å². The molecule has 2 aromatic rings. The highest BCUT2D eigenvalue weighted by Crippen LogP contribution is 2.25. The van der Waals surface area contributed by atoms with Gasteiger partial charge in [-0.05, 0) is 49.6 Å². The molecule has 1 atom stereocenters. The fourth-order valence-electron chi connectivity index (χ4n) is 2.46. The van der Waals surface area contributed by atoms with Crippen LogP contribution in [0.5, 0.6) is 0 Å². The molecule has 0 bridgehead atoms. The molecule has 0 saturated carbocycles. The van der Waals surface area contributed by atoms with Crippen molar-refractivity contribution in [3.05, 3.63) is 59.4 Å². The molecule has 9 heteroatoms. The average Bonchev–Trinajstić information content (AvgIpc) is 2.62. The molecule has 2 rings (SSSR count). The molecule has 0 fully saturated rings. The minimum absolute atomic E-state index is 0.101. The highest BCUT2D eigenvalue weighted by Gasteiger charge is 2.24. The van der Waals surface area contributed by atoms with E-state index >= 15 is 0 Å². The first-order valence-electron chi connectivity index (χ1n) is 8.29. The number of carbonyl (C=O) groups is 2. The van der Waals surface area contributed by atoms with Gasteiger partial charge in [0, 0.05) is 5.54 Å². The third-order valence-electron chi connectivity index (χ3n) is 3.70. The summed E-state index contributed by atoms with van der Waals surface area (Å²) in [4.78, 5) is 24.0. The Morgan fingerprint density at radius 3 is 1.96 bits per heavy atom. The van der Waals surface area contributed by atoms with Gasteiger partial charge in [-0.15, -0.1) is 0 Å². The Morgan fingerprint density at radius 1 is 0.964 bits per heavy atom. The van der Waals surface area contributed by atoms with Crippen molar-refractivity contribution in [2.75, 3.05) is 0 Å². The van der Waals surface area contributed by atoms with Gasteiger partial charge in [-0.2, -0.15) is 0 Å². The summed E-state index contributed by atoms with van der Waals surface area (Å²) in [5.74, 6) is -5.08. The highest BCUT2D eigenvalue weighted by molar-refractivity contribution is 5.87. The third kappa shape index (κ3) is 5.23. The molecule has 150 valence electrons. The smallest absolute Gasteiger partial charge is 0.316 e. The maximum atomic E-state index is 13.4. The number of nitrogens with one attached hydrogen (secondary N) is 3. The van der Waals surface area contributed by atoms with Gasteiger partial charge in [0.05, 0.1) is 0 Å².